The standard InChI is InChI=1S/C17H11FN2/c18-15-6-7-16-14(11-20-17(16)9-15)8-13(10-19)12-4-2-1-3-5-12/h1-9,11,20H/b13-8+. The second-order valence-corrected chi connectivity index (χ2v) is 4.47. The average Bonchev–Trinajstić information content (AvgIpc) is 2.87. The summed E-state index contributed by atoms with van der Waals surface area (Å²) in [6.45, 7) is 0. The fourth-order valence-electron chi connectivity index (χ4n) is 2.19. The number of nitriles is 1. The normalized spacial score (nSPS) is 11.5. The average molecular weight is 262 g/mol. The van der Waals surface area contributed by atoms with Gasteiger partial charge in [-0.05, 0) is 29.8 Å². The summed E-state index contributed by atoms with van der Waals surface area (Å²) in [5.41, 5.74) is 3.05. The lowest BCUT2D eigenvalue weighted by Crippen LogP contribution is -1.80. The molecular formula is C17H11FN2. The predicted octanol–water partition coefficient (Wildman–Crippen LogP) is 4.37. The number of aromatic nitrogens is 1. The van der Waals surface area contributed by atoms with Crippen LogP contribution in [0.4, 0.5) is 4.39 Å². The molecule has 0 fully saturated rings. The topological polar surface area (TPSA) is 39.6 Å². The molecule has 0 radical (unpaired) electrons. The molecule has 0 aliphatic carbocycles. The van der Waals surface area contributed by atoms with Crippen molar-refractivity contribution < 1.29 is 4.39 Å². The Morgan fingerprint density at radius 1 is 1.15 bits per heavy atom. The van der Waals surface area contributed by atoms with Crippen molar-refractivity contribution >= 4 is 22.6 Å². The number of benzene rings is 2. The molecule has 0 saturated carbocycles. The van der Waals surface area contributed by atoms with Crippen molar-refractivity contribution in [2.45, 2.75) is 0 Å². The van der Waals surface area contributed by atoms with Crippen molar-refractivity contribution in [2.75, 3.05) is 0 Å². The van der Waals surface area contributed by atoms with E-state index in [1.54, 1.807) is 12.3 Å². The molecule has 0 unspecified atom stereocenters. The second kappa shape index (κ2) is 5.02. The van der Waals surface area contributed by atoms with E-state index in [0.29, 0.717) is 5.57 Å². The quantitative estimate of drug-likeness (QED) is 0.684. The number of fused-ring (bicyclic) bond motifs is 1. The molecule has 20 heavy (non-hydrogen) atoms. The maximum absolute atomic E-state index is 13.2. The van der Waals surface area contributed by atoms with E-state index in [-0.39, 0.29) is 5.82 Å². The second-order valence-electron chi connectivity index (χ2n) is 4.47. The summed E-state index contributed by atoms with van der Waals surface area (Å²) in [5.74, 6) is -0.279. The smallest absolute Gasteiger partial charge is 0.125 e. The monoisotopic (exact) mass is 262 g/mol. The molecule has 1 N–H and O–H groups in total. The maximum atomic E-state index is 13.2. The Labute approximate surface area is 115 Å². The third kappa shape index (κ3) is 2.19. The molecule has 0 atom stereocenters. The first-order chi connectivity index (χ1) is 9.78. The van der Waals surface area contributed by atoms with E-state index >= 15 is 0 Å². The predicted molar refractivity (Wildman–Crippen MR) is 78.2 cm³/mol. The van der Waals surface area contributed by atoms with Gasteiger partial charge in [0.1, 0.15) is 5.82 Å². The zero-order chi connectivity index (χ0) is 13.9. The van der Waals surface area contributed by atoms with Crippen molar-refractivity contribution in [3.05, 3.63) is 71.7 Å². The van der Waals surface area contributed by atoms with Gasteiger partial charge in [0.25, 0.3) is 0 Å². The Kier molecular flexibility index (Phi) is 3.06. The van der Waals surface area contributed by atoms with Crippen molar-refractivity contribution in [1.29, 1.82) is 5.26 Å². The number of allylic oxidation sites excluding steroid dienone is 1. The molecule has 1 aromatic heterocycles. The van der Waals surface area contributed by atoms with Crippen LogP contribution < -0.4 is 0 Å². The lowest BCUT2D eigenvalue weighted by atomic mass is 10.0. The molecule has 0 aliphatic rings. The first-order valence-electron chi connectivity index (χ1n) is 6.22. The van der Waals surface area contributed by atoms with Crippen LogP contribution in [0.25, 0.3) is 22.6 Å². The lowest BCUT2D eigenvalue weighted by Gasteiger charge is -1.98. The molecule has 2 nitrogen and oxygen atoms in total. The van der Waals surface area contributed by atoms with Crippen LogP contribution in [0.3, 0.4) is 0 Å². The summed E-state index contributed by atoms with van der Waals surface area (Å²) in [4.78, 5) is 3.02. The zero-order valence-corrected chi connectivity index (χ0v) is 10.6. The Morgan fingerprint density at radius 3 is 2.70 bits per heavy atom. The van der Waals surface area contributed by atoms with E-state index in [4.69, 9.17) is 0 Å². The summed E-state index contributed by atoms with van der Waals surface area (Å²) in [7, 11) is 0. The highest BCUT2D eigenvalue weighted by atomic mass is 19.1. The molecule has 3 rings (SSSR count). The first kappa shape index (κ1) is 12.2. The molecular weight excluding hydrogens is 251 g/mol. The fourth-order valence-corrected chi connectivity index (χ4v) is 2.19. The van der Waals surface area contributed by atoms with Crippen LogP contribution >= 0.6 is 0 Å². The van der Waals surface area contributed by atoms with Crippen molar-refractivity contribution in [2.24, 2.45) is 0 Å². The number of rotatable bonds is 2. The third-order valence-electron chi connectivity index (χ3n) is 3.18. The zero-order valence-electron chi connectivity index (χ0n) is 10.6. The number of aromatic amines is 1. The molecule has 0 bridgehead atoms. The van der Waals surface area contributed by atoms with Gasteiger partial charge in [-0.2, -0.15) is 5.26 Å². The summed E-state index contributed by atoms with van der Waals surface area (Å²) >= 11 is 0. The Bertz CT molecular complexity index is 823. The van der Waals surface area contributed by atoms with Crippen LogP contribution in [-0.2, 0) is 0 Å². The summed E-state index contributed by atoms with van der Waals surface area (Å²) < 4.78 is 13.2. The number of H-pyrrole nitrogens is 1. The van der Waals surface area contributed by atoms with Gasteiger partial charge in [0, 0.05) is 22.7 Å². The van der Waals surface area contributed by atoms with Crippen LogP contribution in [0.5, 0.6) is 0 Å². The highest BCUT2D eigenvalue weighted by molar-refractivity contribution is 5.97. The van der Waals surface area contributed by atoms with Gasteiger partial charge in [-0.3, -0.25) is 0 Å². The number of hydrogen-bond donors (Lipinski definition) is 1. The van der Waals surface area contributed by atoms with E-state index < -0.39 is 0 Å². The van der Waals surface area contributed by atoms with Crippen molar-refractivity contribution in [3.8, 4) is 6.07 Å². The van der Waals surface area contributed by atoms with Gasteiger partial charge in [-0.15, -0.1) is 0 Å². The van der Waals surface area contributed by atoms with Gasteiger partial charge in [0.05, 0.1) is 11.6 Å². The van der Waals surface area contributed by atoms with E-state index in [1.165, 1.54) is 12.1 Å². The molecule has 0 aliphatic heterocycles. The molecule has 3 heteroatoms. The van der Waals surface area contributed by atoms with Gasteiger partial charge >= 0.3 is 0 Å². The Hall–Kier alpha value is -2.86. The number of nitrogens with zero attached hydrogens (tertiary/aromatic N) is 1. The Morgan fingerprint density at radius 2 is 1.95 bits per heavy atom. The number of nitrogens with one attached hydrogen (secondary N) is 1. The van der Waals surface area contributed by atoms with Crippen LogP contribution in [0.1, 0.15) is 11.1 Å². The third-order valence-corrected chi connectivity index (χ3v) is 3.18. The molecule has 0 spiro atoms. The Balaban J connectivity index is 2.11. The number of halogens is 1. The maximum Gasteiger partial charge on any atom is 0.125 e. The van der Waals surface area contributed by atoms with Crippen LogP contribution in [0.15, 0.2) is 54.7 Å². The largest absolute Gasteiger partial charge is 0.360 e. The van der Waals surface area contributed by atoms with Crippen LogP contribution in [0.2, 0.25) is 0 Å². The van der Waals surface area contributed by atoms with Gasteiger partial charge in [0.2, 0.25) is 0 Å². The minimum Gasteiger partial charge on any atom is -0.360 e. The molecule has 1 heterocycles. The molecule has 3 aromatic rings. The van der Waals surface area contributed by atoms with E-state index in [0.717, 1.165) is 22.0 Å². The van der Waals surface area contributed by atoms with E-state index in [1.807, 2.05) is 36.4 Å². The minimum atomic E-state index is -0.279. The summed E-state index contributed by atoms with van der Waals surface area (Å²) in [6.07, 6.45) is 3.59. The van der Waals surface area contributed by atoms with Gasteiger partial charge in [-0.25, -0.2) is 4.39 Å². The lowest BCUT2D eigenvalue weighted by molar-refractivity contribution is 0.629. The highest BCUT2D eigenvalue weighted by Crippen LogP contribution is 2.24. The molecule has 0 saturated heterocycles. The van der Waals surface area contributed by atoms with Crippen molar-refractivity contribution in [1.82, 2.24) is 4.98 Å². The van der Waals surface area contributed by atoms with E-state index in [9.17, 15) is 9.65 Å². The molecule has 2 aromatic carbocycles. The summed E-state index contributed by atoms with van der Waals surface area (Å²) in [5, 5.41) is 10.2. The van der Waals surface area contributed by atoms with Gasteiger partial charge in [0.15, 0.2) is 0 Å². The highest BCUT2D eigenvalue weighted by Gasteiger charge is 2.05. The fraction of sp³-hybridized carbons (Fsp3) is 0. The SMILES string of the molecule is N#C/C(=C\c1c[nH]c2cc(F)ccc12)c1ccccc1. The minimum absolute atomic E-state index is 0.279. The van der Waals surface area contributed by atoms with Crippen LogP contribution in [0, 0.1) is 17.1 Å². The number of hydrogen-bond acceptors (Lipinski definition) is 1. The molecule has 96 valence electrons. The first-order valence-corrected chi connectivity index (χ1v) is 6.22. The van der Waals surface area contributed by atoms with E-state index in [2.05, 4.69) is 11.1 Å². The van der Waals surface area contributed by atoms with Gasteiger partial charge in [-0.1, -0.05) is 30.3 Å². The van der Waals surface area contributed by atoms with Crippen molar-refractivity contribution in [3.63, 3.8) is 0 Å². The van der Waals surface area contributed by atoms with Crippen LogP contribution in [-0.4, -0.2) is 4.98 Å². The van der Waals surface area contributed by atoms with Gasteiger partial charge < -0.3 is 4.98 Å². The summed E-state index contributed by atoms with van der Waals surface area (Å²) in [6, 6.07) is 16.3. The molecule has 0 amide bonds.